The smallest absolute Gasteiger partial charge is 0.245 e. The summed E-state index contributed by atoms with van der Waals surface area (Å²) >= 11 is 0. The van der Waals surface area contributed by atoms with Crippen LogP contribution < -0.4 is 65.5 Å². The maximum atomic E-state index is 14.2. The normalized spacial score (nSPS) is 16.1. The molecule has 1 saturated heterocycles. The minimum Gasteiger partial charge on any atom is -0.508 e. The molecular formula is C56H84N16O14. The molecule has 0 unspecified atom stereocenters. The summed E-state index contributed by atoms with van der Waals surface area (Å²) in [4.78, 5) is 149. The third-order valence-electron chi connectivity index (χ3n) is 13.8. The van der Waals surface area contributed by atoms with Crippen LogP contribution in [0.1, 0.15) is 83.0 Å². The van der Waals surface area contributed by atoms with E-state index < -0.39 is 139 Å². The first-order valence-corrected chi connectivity index (χ1v) is 28.3. The standard InChI is InChI=1S/C56H84N16O14/c1-30(2)20-37(46(58)77)64-48(79)38(22-32-10-6-5-7-11-32)65-51(82)42(26-73)70-50(81)40(24-34-25-61-29-63-34)67-52(83)43(27-74)69-49(80)39(23-33-14-16-35(76)17-15-33)66-53(84)44(28-75)71-54(85)45-13-9-19-72(45)55(86)41(21-31(3)4)68-47(78)36(57)12-8-18-62-56(59)60/h5-7,10-11,14-17,25,29-31,36-45,73-76H,8-9,12-13,18-24,26-28,57H2,1-4H3,(H2,58,77)(H,61,63)(H,64,79)(H,65,82)(H,66,84)(H,67,83)(H,68,78)(H,69,80)(H,70,81)(H,71,85)(H4,59,60,62)/t36-,37-,38-,39-,40-,41-,42-,43-,44-,45-/m0/s1. The molecule has 2 aromatic carbocycles. The van der Waals surface area contributed by atoms with E-state index in [1.807, 2.05) is 27.7 Å². The summed E-state index contributed by atoms with van der Waals surface area (Å²) < 4.78 is 0. The first-order chi connectivity index (χ1) is 40.8. The highest BCUT2D eigenvalue weighted by molar-refractivity contribution is 5.99. The van der Waals surface area contributed by atoms with Crippen LogP contribution in [0.4, 0.5) is 0 Å². The maximum Gasteiger partial charge on any atom is 0.245 e. The minimum atomic E-state index is -1.84. The van der Waals surface area contributed by atoms with Gasteiger partial charge in [0.05, 0.1) is 32.2 Å². The molecule has 1 aliphatic heterocycles. The van der Waals surface area contributed by atoms with Gasteiger partial charge in [-0.25, -0.2) is 4.98 Å². The number of hydrogen-bond donors (Lipinski definition) is 17. The summed E-state index contributed by atoms with van der Waals surface area (Å²) in [5, 5.41) is 61.3. The molecule has 30 heteroatoms. The van der Waals surface area contributed by atoms with Crippen molar-refractivity contribution < 1.29 is 68.4 Å². The Kier molecular flexibility index (Phi) is 28.3. The molecule has 472 valence electrons. The Labute approximate surface area is 497 Å². The second-order valence-corrected chi connectivity index (χ2v) is 21.8. The molecular weight excluding hydrogens is 1120 g/mol. The zero-order valence-corrected chi connectivity index (χ0v) is 48.7. The summed E-state index contributed by atoms with van der Waals surface area (Å²) in [7, 11) is 0. The highest BCUT2D eigenvalue weighted by atomic mass is 16.3. The molecule has 1 fully saturated rings. The van der Waals surface area contributed by atoms with Gasteiger partial charge in [-0.1, -0.05) is 70.2 Å². The van der Waals surface area contributed by atoms with Crippen molar-refractivity contribution in [3.8, 4) is 5.75 Å². The van der Waals surface area contributed by atoms with E-state index in [0.717, 1.165) is 0 Å². The van der Waals surface area contributed by atoms with Crippen molar-refractivity contribution in [3.63, 3.8) is 0 Å². The topological polar surface area (TPSA) is 496 Å². The van der Waals surface area contributed by atoms with Crippen LogP contribution in [0.25, 0.3) is 0 Å². The van der Waals surface area contributed by atoms with Crippen LogP contribution in [-0.2, 0) is 67.2 Å². The van der Waals surface area contributed by atoms with Gasteiger partial charge in [0.2, 0.25) is 59.1 Å². The quantitative estimate of drug-likeness (QED) is 0.0149. The predicted octanol–water partition coefficient (Wildman–Crippen LogP) is -5.05. The van der Waals surface area contributed by atoms with Gasteiger partial charge in [-0.15, -0.1) is 0 Å². The Balaban J connectivity index is 1.51. The fraction of sp³-hybridized carbons (Fsp3) is 0.536. The van der Waals surface area contributed by atoms with Crippen molar-refractivity contribution in [2.45, 2.75) is 146 Å². The number of imidazole rings is 1. The van der Waals surface area contributed by atoms with Crippen molar-refractivity contribution in [2.24, 2.45) is 39.8 Å². The van der Waals surface area contributed by atoms with E-state index in [0.29, 0.717) is 24.0 Å². The summed E-state index contributed by atoms with van der Waals surface area (Å²) in [6.07, 6.45) is 3.35. The third kappa shape index (κ3) is 22.7. The number of primary amides is 1. The number of H-pyrrole nitrogens is 1. The van der Waals surface area contributed by atoms with Crippen LogP contribution in [-0.4, -0.2) is 194 Å². The Morgan fingerprint density at radius 1 is 0.605 bits per heavy atom. The number of aliphatic imine (C=N–C) groups is 1. The molecule has 10 amide bonds. The number of rotatable bonds is 35. The maximum absolute atomic E-state index is 14.2. The number of likely N-dealkylation sites (tertiary alicyclic amines) is 1. The largest absolute Gasteiger partial charge is 0.508 e. The fourth-order valence-corrected chi connectivity index (χ4v) is 9.29. The number of aliphatic hydroxyl groups excluding tert-OH is 3. The van der Waals surface area contributed by atoms with Gasteiger partial charge >= 0.3 is 0 Å². The lowest BCUT2D eigenvalue weighted by atomic mass is 10.0. The molecule has 0 aliphatic carbocycles. The zero-order chi connectivity index (χ0) is 63.6. The highest BCUT2D eigenvalue weighted by Crippen LogP contribution is 2.21. The number of hydrogen-bond acceptors (Lipinski definition) is 17. The lowest BCUT2D eigenvalue weighted by Crippen LogP contribution is -2.62. The van der Waals surface area contributed by atoms with Crippen molar-refractivity contribution in [1.29, 1.82) is 0 Å². The van der Waals surface area contributed by atoms with E-state index in [2.05, 4.69) is 57.5 Å². The number of nitrogens with two attached hydrogens (primary N) is 4. The molecule has 86 heavy (non-hydrogen) atoms. The molecule has 0 saturated carbocycles. The number of guanidine groups is 1. The second kappa shape index (κ2) is 34.9. The molecule has 1 aliphatic rings. The van der Waals surface area contributed by atoms with Gasteiger partial charge in [-0.3, -0.25) is 52.9 Å². The van der Waals surface area contributed by atoms with Crippen LogP contribution in [0.15, 0.2) is 72.1 Å². The first kappa shape index (κ1) is 69.8. The molecule has 21 N–H and O–H groups in total. The van der Waals surface area contributed by atoms with E-state index >= 15 is 0 Å². The number of nitrogens with one attached hydrogen (secondary N) is 9. The number of aliphatic hydroxyl groups is 3. The van der Waals surface area contributed by atoms with Gasteiger partial charge in [0.1, 0.15) is 60.1 Å². The number of nitrogens with zero attached hydrogens (tertiary/aromatic N) is 3. The average molecular weight is 1210 g/mol. The van der Waals surface area contributed by atoms with E-state index in [-0.39, 0.29) is 87.3 Å². The summed E-state index contributed by atoms with van der Waals surface area (Å²) in [6.45, 7) is 4.56. The molecule has 0 spiro atoms. The molecule has 4 rings (SSSR count). The number of benzene rings is 2. The molecule has 1 aromatic heterocycles. The third-order valence-corrected chi connectivity index (χ3v) is 13.8. The Bertz CT molecular complexity index is 2770. The fourth-order valence-electron chi connectivity index (χ4n) is 9.29. The Morgan fingerprint density at radius 3 is 1.53 bits per heavy atom. The van der Waals surface area contributed by atoms with E-state index in [1.165, 1.54) is 41.7 Å². The first-order valence-electron chi connectivity index (χ1n) is 28.3. The number of amides is 10. The highest BCUT2D eigenvalue weighted by Gasteiger charge is 2.40. The van der Waals surface area contributed by atoms with Crippen LogP contribution in [0, 0.1) is 11.8 Å². The number of carbonyl (C=O) groups is 10. The van der Waals surface area contributed by atoms with E-state index in [9.17, 15) is 68.4 Å². The van der Waals surface area contributed by atoms with Gasteiger partial charge in [-0.05, 0) is 73.6 Å². The van der Waals surface area contributed by atoms with E-state index in [4.69, 9.17) is 22.9 Å². The van der Waals surface area contributed by atoms with Crippen LogP contribution >= 0.6 is 0 Å². The molecule has 2 heterocycles. The summed E-state index contributed by atoms with van der Waals surface area (Å²) in [5.41, 5.74) is 23.7. The number of phenolic OH excluding ortho intramolecular Hbond substituents is 1. The molecule has 30 nitrogen and oxygen atoms in total. The molecule has 0 radical (unpaired) electrons. The van der Waals surface area contributed by atoms with Gasteiger partial charge in [0.15, 0.2) is 5.96 Å². The van der Waals surface area contributed by atoms with Gasteiger partial charge < -0.3 is 95.8 Å². The number of phenols is 1. The monoisotopic (exact) mass is 1200 g/mol. The zero-order valence-electron chi connectivity index (χ0n) is 48.7. The van der Waals surface area contributed by atoms with Gasteiger partial charge in [0.25, 0.3) is 0 Å². The summed E-state index contributed by atoms with van der Waals surface area (Å²) in [6, 6.07) is -0.235. The van der Waals surface area contributed by atoms with Crippen molar-refractivity contribution in [2.75, 3.05) is 32.9 Å². The average Bonchev–Trinajstić information content (AvgIpc) is 3.93. The summed E-state index contributed by atoms with van der Waals surface area (Å²) in [5.74, 6) is -9.43. The molecule has 3 aromatic rings. The number of aromatic hydroxyl groups is 1. The van der Waals surface area contributed by atoms with E-state index in [1.54, 1.807) is 30.3 Å². The SMILES string of the molecule is CC(C)C[C@H](NC(=O)[C@H](Cc1ccccc1)NC(=O)[C@H](CO)NC(=O)[C@H](Cc1cnc[nH]1)NC(=O)[C@H](CO)NC(=O)[C@H](Cc1ccc(O)cc1)NC(=O)[C@H](CO)NC(=O)[C@@H]1CCCN1C(=O)[C@H](CC(C)C)NC(=O)[C@@H](N)CCCN=C(N)N)C(N)=O. The van der Waals surface area contributed by atoms with Gasteiger partial charge in [0, 0.05) is 44.2 Å². The van der Waals surface area contributed by atoms with Crippen molar-refractivity contribution >= 4 is 65.0 Å². The van der Waals surface area contributed by atoms with Crippen LogP contribution in [0.3, 0.4) is 0 Å². The lowest BCUT2D eigenvalue weighted by Gasteiger charge is -2.31. The molecule has 0 bridgehead atoms. The van der Waals surface area contributed by atoms with Gasteiger partial charge in [-0.2, -0.15) is 0 Å². The van der Waals surface area contributed by atoms with Crippen molar-refractivity contribution in [3.05, 3.63) is 83.9 Å². The second-order valence-electron chi connectivity index (χ2n) is 21.8. The number of aromatic nitrogens is 2. The lowest BCUT2D eigenvalue weighted by molar-refractivity contribution is -0.143. The number of carbonyl (C=O) groups excluding carboxylic acids is 10. The molecule has 10 atom stereocenters. The van der Waals surface area contributed by atoms with Crippen LogP contribution in [0.2, 0.25) is 0 Å². The van der Waals surface area contributed by atoms with Crippen LogP contribution in [0.5, 0.6) is 5.75 Å². The Hall–Kier alpha value is -8.74. The number of aromatic amines is 1. The predicted molar refractivity (Wildman–Crippen MR) is 312 cm³/mol. The minimum absolute atomic E-state index is 0.0540. The van der Waals surface area contributed by atoms with Crippen molar-refractivity contribution in [1.82, 2.24) is 57.4 Å². The Morgan fingerprint density at radius 2 is 1.06 bits per heavy atom.